The highest BCUT2D eigenvalue weighted by molar-refractivity contribution is 7.15. The van der Waals surface area contributed by atoms with Crippen molar-refractivity contribution in [2.24, 2.45) is 5.73 Å². The van der Waals surface area contributed by atoms with Gasteiger partial charge in [0.25, 0.3) is 0 Å². The van der Waals surface area contributed by atoms with Crippen molar-refractivity contribution in [3.8, 4) is 21.7 Å². The molecule has 0 aliphatic heterocycles. The second-order valence-corrected chi connectivity index (χ2v) is 7.57. The molecule has 156 valence electrons. The Labute approximate surface area is 181 Å². The summed E-state index contributed by atoms with van der Waals surface area (Å²) in [5.41, 5.74) is 8.31. The summed E-state index contributed by atoms with van der Waals surface area (Å²) in [6, 6.07) is 13.9. The Morgan fingerprint density at radius 2 is 1.93 bits per heavy atom. The summed E-state index contributed by atoms with van der Waals surface area (Å²) in [6.45, 7) is 0.490. The van der Waals surface area contributed by atoms with E-state index in [1.807, 2.05) is 42.5 Å². The molecule has 0 saturated carbocycles. The van der Waals surface area contributed by atoms with Crippen molar-refractivity contribution >= 4 is 23.7 Å². The summed E-state index contributed by atoms with van der Waals surface area (Å²) in [6.07, 6.45) is 3.43. The second-order valence-electron chi connectivity index (χ2n) is 6.40. The Balaban J connectivity index is 0.00000256. The number of rotatable bonds is 7. The van der Waals surface area contributed by atoms with Crippen LogP contribution in [0.1, 0.15) is 4.88 Å². The van der Waals surface area contributed by atoms with E-state index in [9.17, 15) is 9.18 Å². The molecule has 7 nitrogen and oxygen atoms in total. The molecule has 0 fully saturated rings. The molecule has 10 heteroatoms. The van der Waals surface area contributed by atoms with Gasteiger partial charge in [0.05, 0.1) is 19.4 Å². The monoisotopic (exact) mass is 447 g/mol. The predicted octanol–water partition coefficient (Wildman–Crippen LogP) is 3.71. The minimum Gasteiger partial charge on any atom is -0.364 e. The van der Waals surface area contributed by atoms with E-state index in [2.05, 4.69) is 10.3 Å². The van der Waals surface area contributed by atoms with Crippen molar-refractivity contribution < 1.29 is 8.91 Å². The van der Waals surface area contributed by atoms with E-state index in [1.165, 1.54) is 15.6 Å². The van der Waals surface area contributed by atoms with Crippen LogP contribution in [0.5, 0.6) is 0 Å². The third-order valence-electron chi connectivity index (χ3n) is 4.46. The van der Waals surface area contributed by atoms with Gasteiger partial charge in [-0.2, -0.15) is 5.10 Å². The number of hydrogen-bond acceptors (Lipinski definition) is 6. The lowest BCUT2D eigenvalue weighted by molar-refractivity contribution is 0.422. The first-order valence-electron chi connectivity index (χ1n) is 8.88. The molecule has 4 rings (SSSR count). The highest BCUT2D eigenvalue weighted by Gasteiger charge is 2.10. The van der Waals surface area contributed by atoms with E-state index in [0.717, 1.165) is 26.6 Å². The van der Waals surface area contributed by atoms with E-state index < -0.39 is 0 Å². The summed E-state index contributed by atoms with van der Waals surface area (Å²) in [4.78, 5) is 14.5. The number of nitrogens with two attached hydrogens (primary N) is 1. The van der Waals surface area contributed by atoms with Crippen molar-refractivity contribution in [1.82, 2.24) is 19.5 Å². The Hall–Kier alpha value is -3.01. The summed E-state index contributed by atoms with van der Waals surface area (Å²) in [7, 11) is 0. The van der Waals surface area contributed by atoms with Crippen LogP contribution < -0.4 is 11.4 Å². The van der Waals surface area contributed by atoms with Crippen LogP contribution in [-0.4, -0.2) is 26.0 Å². The minimum absolute atomic E-state index is 0. The highest BCUT2D eigenvalue weighted by atomic mass is 35.5. The molecular weight excluding hydrogens is 429 g/mol. The van der Waals surface area contributed by atoms with E-state index in [-0.39, 0.29) is 31.2 Å². The lowest BCUT2D eigenvalue weighted by Gasteiger charge is -2.01. The third kappa shape index (κ3) is 4.59. The van der Waals surface area contributed by atoms with Crippen LogP contribution in [0.3, 0.4) is 0 Å². The Morgan fingerprint density at radius 1 is 1.17 bits per heavy atom. The number of halogens is 2. The maximum atomic E-state index is 12.7. The first-order chi connectivity index (χ1) is 14.2. The Bertz CT molecular complexity index is 1180. The fourth-order valence-electron chi connectivity index (χ4n) is 2.88. The molecule has 2 N–H and O–H groups in total. The number of nitrogens with zero attached hydrogens (tertiary/aromatic N) is 4. The number of aromatic nitrogens is 4. The Kier molecular flexibility index (Phi) is 6.99. The fraction of sp³-hybridized carbons (Fsp3) is 0.150. The van der Waals surface area contributed by atoms with Crippen LogP contribution in [0.4, 0.5) is 4.39 Å². The molecule has 1 aromatic carbocycles. The summed E-state index contributed by atoms with van der Waals surface area (Å²) < 4.78 is 20.3. The molecule has 30 heavy (non-hydrogen) atoms. The number of benzene rings is 1. The zero-order valence-corrected chi connectivity index (χ0v) is 17.4. The van der Waals surface area contributed by atoms with Gasteiger partial charge in [0.15, 0.2) is 0 Å². The van der Waals surface area contributed by atoms with Crippen LogP contribution in [0.25, 0.3) is 21.7 Å². The van der Waals surface area contributed by atoms with Gasteiger partial charge < -0.3 is 10.3 Å². The second kappa shape index (κ2) is 9.66. The number of thiophene rings is 1. The molecule has 0 saturated heterocycles. The normalized spacial score (nSPS) is 11.5. The van der Waals surface area contributed by atoms with E-state index in [1.54, 1.807) is 17.6 Å². The molecule has 0 aliphatic rings. The zero-order chi connectivity index (χ0) is 20.2. The average Bonchev–Trinajstić information content (AvgIpc) is 3.50. The van der Waals surface area contributed by atoms with E-state index >= 15 is 0 Å². The molecule has 0 bridgehead atoms. The predicted molar refractivity (Wildman–Crippen MR) is 116 cm³/mol. The van der Waals surface area contributed by atoms with Gasteiger partial charge in [0.1, 0.15) is 18.3 Å². The van der Waals surface area contributed by atoms with Gasteiger partial charge in [-0.3, -0.25) is 4.57 Å². The van der Waals surface area contributed by atoms with Crippen LogP contribution in [0.2, 0.25) is 0 Å². The van der Waals surface area contributed by atoms with Crippen LogP contribution in [-0.2, 0) is 13.1 Å². The van der Waals surface area contributed by atoms with Gasteiger partial charge in [-0.15, -0.1) is 23.7 Å². The van der Waals surface area contributed by atoms with Gasteiger partial charge in [-0.1, -0.05) is 29.4 Å². The summed E-state index contributed by atoms with van der Waals surface area (Å²) in [5.74, 6) is 0. The van der Waals surface area contributed by atoms with Gasteiger partial charge in [0.2, 0.25) is 0 Å². The first kappa shape index (κ1) is 21.7. The van der Waals surface area contributed by atoms with Gasteiger partial charge >= 0.3 is 5.69 Å². The van der Waals surface area contributed by atoms with Crippen molar-refractivity contribution in [1.29, 1.82) is 0 Å². The molecule has 0 aliphatic carbocycles. The van der Waals surface area contributed by atoms with Gasteiger partial charge in [-0.25, -0.2) is 13.9 Å². The van der Waals surface area contributed by atoms with Crippen molar-refractivity contribution in [3.05, 3.63) is 82.3 Å². The Morgan fingerprint density at radius 3 is 2.60 bits per heavy atom. The average molecular weight is 448 g/mol. The van der Waals surface area contributed by atoms with Crippen LogP contribution in [0, 0.1) is 0 Å². The lowest BCUT2D eigenvalue weighted by atomic mass is 10.1. The quantitative estimate of drug-likeness (QED) is 0.466. The fourth-order valence-corrected chi connectivity index (χ4v) is 3.89. The molecular formula is C20H19ClFN5O2S. The van der Waals surface area contributed by atoms with Gasteiger partial charge in [-0.05, 0) is 23.3 Å². The molecule has 0 unspecified atom stereocenters. The third-order valence-corrected chi connectivity index (χ3v) is 5.58. The molecule has 0 radical (unpaired) electrons. The lowest BCUT2D eigenvalue weighted by Crippen LogP contribution is -2.26. The van der Waals surface area contributed by atoms with Crippen molar-refractivity contribution in [2.45, 2.75) is 13.1 Å². The first-order valence-corrected chi connectivity index (χ1v) is 9.70. The van der Waals surface area contributed by atoms with Crippen LogP contribution in [0.15, 0.2) is 76.3 Å². The topological polar surface area (TPSA) is 91.9 Å². The van der Waals surface area contributed by atoms with Crippen LogP contribution >= 0.6 is 23.7 Å². The molecule has 0 atom stereocenters. The van der Waals surface area contributed by atoms with Gasteiger partial charge in [0, 0.05) is 27.9 Å². The smallest absolute Gasteiger partial charge is 0.346 e. The molecule has 0 amide bonds. The SMILES string of the molecule is Cl.NC/C(=C\F)Cn1ncn(Cc2ccc(-c3ccc(-c4ccon4)cc3)s2)c1=O. The zero-order valence-electron chi connectivity index (χ0n) is 15.8. The van der Waals surface area contributed by atoms with E-state index in [0.29, 0.717) is 18.4 Å². The summed E-state index contributed by atoms with van der Waals surface area (Å²) in [5, 5.41) is 7.98. The van der Waals surface area contributed by atoms with Crippen molar-refractivity contribution in [2.75, 3.05) is 6.54 Å². The largest absolute Gasteiger partial charge is 0.364 e. The molecule has 0 spiro atoms. The minimum atomic E-state index is -0.301. The van der Waals surface area contributed by atoms with Crippen molar-refractivity contribution in [3.63, 3.8) is 0 Å². The van der Waals surface area contributed by atoms with E-state index in [4.69, 9.17) is 10.3 Å². The molecule has 4 aromatic rings. The highest BCUT2D eigenvalue weighted by Crippen LogP contribution is 2.30. The number of hydrogen-bond donors (Lipinski definition) is 1. The molecule has 3 aromatic heterocycles. The maximum Gasteiger partial charge on any atom is 0.346 e. The maximum absolute atomic E-state index is 12.7. The summed E-state index contributed by atoms with van der Waals surface area (Å²) >= 11 is 1.60. The molecule has 3 heterocycles. The standard InChI is InChI=1S/C20H18FN5O2S.ClH/c21-9-14(10-22)11-26-20(27)25(13-23-26)12-17-5-6-19(29-17)16-3-1-15(2-4-16)18-7-8-28-24-18;/h1-9,13H,10-12,22H2;1H/b14-9+;.